The van der Waals surface area contributed by atoms with Crippen LogP contribution >= 0.6 is 0 Å². The van der Waals surface area contributed by atoms with Crippen LogP contribution in [0.15, 0.2) is 42.9 Å². The molecular formula is C23H20N6O2. The number of nitrogens with one attached hydrogen (secondary N) is 1. The van der Waals surface area contributed by atoms with Gasteiger partial charge in [0.25, 0.3) is 0 Å². The first-order valence-electron chi connectivity index (χ1n) is 9.88. The normalized spacial score (nSPS) is 19.0. The zero-order chi connectivity index (χ0) is 21.9. The van der Waals surface area contributed by atoms with Gasteiger partial charge in [-0.05, 0) is 55.1 Å². The van der Waals surface area contributed by atoms with Crippen molar-refractivity contribution in [1.82, 2.24) is 9.97 Å². The van der Waals surface area contributed by atoms with Crippen LogP contribution in [0.4, 0.5) is 17.3 Å². The molecule has 2 atom stereocenters. The smallest absolute Gasteiger partial charge is 0.230 e. The van der Waals surface area contributed by atoms with Crippen LogP contribution in [0, 0.1) is 30.1 Å². The number of aromatic nitrogens is 2. The second kappa shape index (κ2) is 6.71. The zero-order valence-corrected chi connectivity index (χ0v) is 17.1. The summed E-state index contributed by atoms with van der Waals surface area (Å²) in [6, 6.07) is 9.78. The van der Waals surface area contributed by atoms with Crippen LogP contribution in [0.2, 0.25) is 0 Å². The molecule has 2 aliphatic rings. The van der Waals surface area contributed by atoms with Gasteiger partial charge >= 0.3 is 0 Å². The molecule has 1 amide bonds. The van der Waals surface area contributed by atoms with Crippen molar-refractivity contribution in [3.05, 3.63) is 48.5 Å². The Morgan fingerprint density at radius 3 is 2.94 bits per heavy atom. The average molecular weight is 412 g/mol. The molecule has 8 heteroatoms. The second-order valence-electron chi connectivity index (χ2n) is 7.94. The van der Waals surface area contributed by atoms with Gasteiger partial charge in [0.1, 0.15) is 11.6 Å². The summed E-state index contributed by atoms with van der Waals surface area (Å²) in [5, 5.41) is 13.2. The maximum Gasteiger partial charge on any atom is 0.230 e. The molecule has 3 aromatic rings. The lowest BCUT2D eigenvalue weighted by molar-refractivity contribution is -0.117. The van der Waals surface area contributed by atoms with E-state index in [9.17, 15) is 4.79 Å². The van der Waals surface area contributed by atoms with Gasteiger partial charge in [-0.2, -0.15) is 5.26 Å². The zero-order valence-electron chi connectivity index (χ0n) is 17.1. The Morgan fingerprint density at radius 2 is 2.19 bits per heavy atom. The Bertz CT molecular complexity index is 1330. The van der Waals surface area contributed by atoms with Gasteiger partial charge in [0.2, 0.25) is 5.91 Å². The summed E-state index contributed by atoms with van der Waals surface area (Å²) in [6.45, 7) is 5.91. The van der Waals surface area contributed by atoms with Crippen molar-refractivity contribution in [2.24, 2.45) is 11.8 Å². The summed E-state index contributed by atoms with van der Waals surface area (Å²) in [6.07, 6.45) is 2.20. The number of hydrogen-bond donors (Lipinski definition) is 2. The number of anilines is 3. The molecule has 1 aliphatic heterocycles. The molecular weight excluding hydrogens is 392 g/mol. The van der Waals surface area contributed by atoms with E-state index >= 15 is 0 Å². The monoisotopic (exact) mass is 412 g/mol. The van der Waals surface area contributed by atoms with Gasteiger partial charge < -0.3 is 20.7 Å². The third-order valence-corrected chi connectivity index (χ3v) is 5.83. The molecule has 3 N–H and O–H groups in total. The molecule has 1 aliphatic carbocycles. The number of hydrogen-bond acceptors (Lipinski definition) is 7. The first-order chi connectivity index (χ1) is 14.9. The highest BCUT2D eigenvalue weighted by Crippen LogP contribution is 2.42. The number of fused-ring (bicyclic) bond motifs is 2. The predicted molar refractivity (Wildman–Crippen MR) is 118 cm³/mol. The van der Waals surface area contributed by atoms with E-state index in [1.54, 1.807) is 12.3 Å². The van der Waals surface area contributed by atoms with Crippen LogP contribution in [-0.2, 0) is 4.79 Å². The predicted octanol–water partition coefficient (Wildman–Crippen LogP) is 3.59. The number of pyridine rings is 2. The van der Waals surface area contributed by atoms with Crippen LogP contribution in [0.25, 0.3) is 22.0 Å². The molecule has 0 spiro atoms. The highest BCUT2D eigenvalue weighted by atomic mass is 16.5. The summed E-state index contributed by atoms with van der Waals surface area (Å²) in [4.78, 5) is 23.0. The number of ether oxygens (including phenoxy) is 1. The van der Waals surface area contributed by atoms with Gasteiger partial charge in [-0.3, -0.25) is 4.79 Å². The second-order valence-corrected chi connectivity index (χ2v) is 7.94. The molecule has 2 aromatic heterocycles. The first kappa shape index (κ1) is 18.9. The van der Waals surface area contributed by atoms with E-state index in [0.29, 0.717) is 40.8 Å². The Labute approximate surface area is 179 Å². The molecule has 0 bridgehead atoms. The molecule has 8 nitrogen and oxygen atoms in total. The molecule has 3 heterocycles. The van der Waals surface area contributed by atoms with Gasteiger partial charge in [-0.25, -0.2) is 9.97 Å². The highest BCUT2D eigenvalue weighted by Gasteiger charge is 2.43. The van der Waals surface area contributed by atoms with Crippen molar-refractivity contribution in [2.45, 2.75) is 13.3 Å². The number of nitriles is 1. The first-order valence-corrected chi connectivity index (χ1v) is 9.88. The van der Waals surface area contributed by atoms with E-state index in [1.807, 2.05) is 37.1 Å². The SMILES string of the molecule is C=C1Oc2cc(-c3cc4cc(NC(=O)[C@H]5C[C@@H]5C#N)ncc4c(N)n3)c(C)cc2N1C. The van der Waals surface area contributed by atoms with E-state index in [1.165, 1.54) is 0 Å². The minimum atomic E-state index is -0.262. The maximum absolute atomic E-state index is 12.3. The van der Waals surface area contributed by atoms with Crippen molar-refractivity contribution in [3.63, 3.8) is 0 Å². The summed E-state index contributed by atoms with van der Waals surface area (Å²) >= 11 is 0. The largest absolute Gasteiger partial charge is 0.439 e. The van der Waals surface area contributed by atoms with Crippen LogP contribution in [0.3, 0.4) is 0 Å². The number of aryl methyl sites for hydroxylation is 1. The third kappa shape index (κ3) is 3.11. The van der Waals surface area contributed by atoms with Crippen LogP contribution in [-0.4, -0.2) is 22.9 Å². The van der Waals surface area contributed by atoms with Gasteiger partial charge in [0, 0.05) is 24.2 Å². The van der Waals surface area contributed by atoms with Crippen LogP contribution in [0.1, 0.15) is 12.0 Å². The quantitative estimate of drug-likeness (QED) is 0.675. The summed E-state index contributed by atoms with van der Waals surface area (Å²) in [7, 11) is 1.91. The fraction of sp³-hybridized carbons (Fsp3) is 0.217. The van der Waals surface area contributed by atoms with Crippen molar-refractivity contribution in [3.8, 4) is 23.1 Å². The minimum absolute atomic E-state index is 0.184. The molecule has 0 radical (unpaired) electrons. The van der Waals surface area contributed by atoms with Crippen molar-refractivity contribution >= 4 is 34.0 Å². The van der Waals surface area contributed by atoms with E-state index in [-0.39, 0.29) is 17.7 Å². The molecule has 0 saturated heterocycles. The molecule has 31 heavy (non-hydrogen) atoms. The molecule has 0 unspecified atom stereocenters. The van der Waals surface area contributed by atoms with Crippen LogP contribution < -0.4 is 20.7 Å². The topological polar surface area (TPSA) is 117 Å². The number of rotatable bonds is 3. The lowest BCUT2D eigenvalue weighted by atomic mass is 10.0. The molecule has 154 valence electrons. The molecule has 1 aromatic carbocycles. The number of nitrogen functional groups attached to an aromatic ring is 1. The maximum atomic E-state index is 12.3. The highest BCUT2D eigenvalue weighted by molar-refractivity contribution is 5.98. The van der Waals surface area contributed by atoms with Crippen LogP contribution in [0.5, 0.6) is 5.75 Å². The Balaban J connectivity index is 1.52. The standard InChI is InChI=1S/C23H20N6O2/c1-11-4-19-20(31-12(2)29(19)3)8-15(11)18-6-13-7-21(26-10-17(13)22(25)27-18)28-23(30)16-5-14(16)9-24/h4,6-8,10,14,16H,2,5H2,1,3H3,(H2,25,27)(H,26,28,30)/t14-,16+/m1/s1. The average Bonchev–Trinajstić information content (AvgIpc) is 3.48. The number of nitrogens with zero attached hydrogens (tertiary/aromatic N) is 4. The van der Waals surface area contributed by atoms with Gasteiger partial charge in [-0.15, -0.1) is 0 Å². The van der Waals surface area contributed by atoms with E-state index < -0.39 is 0 Å². The number of carbonyl (C=O) groups excluding carboxylic acids is 1. The van der Waals surface area contributed by atoms with Crippen molar-refractivity contribution in [2.75, 3.05) is 23.0 Å². The number of amides is 1. The molecule has 5 rings (SSSR count). The number of nitrogens with two attached hydrogens (primary N) is 1. The Morgan fingerprint density at radius 1 is 1.39 bits per heavy atom. The summed E-state index contributed by atoms with van der Waals surface area (Å²) in [5.41, 5.74) is 9.78. The number of carbonyl (C=O) groups is 1. The fourth-order valence-corrected chi connectivity index (χ4v) is 3.85. The van der Waals surface area contributed by atoms with Gasteiger partial charge in [0.05, 0.1) is 29.3 Å². The fourth-order valence-electron chi connectivity index (χ4n) is 3.85. The van der Waals surface area contributed by atoms with E-state index in [0.717, 1.165) is 22.2 Å². The Hall–Kier alpha value is -4.12. The summed E-state index contributed by atoms with van der Waals surface area (Å²) in [5.74, 6) is 1.41. The van der Waals surface area contributed by atoms with Gasteiger partial charge in [0.15, 0.2) is 11.6 Å². The lowest BCUT2D eigenvalue weighted by Gasteiger charge is -2.13. The van der Waals surface area contributed by atoms with Crippen molar-refractivity contribution < 1.29 is 9.53 Å². The summed E-state index contributed by atoms with van der Waals surface area (Å²) < 4.78 is 5.76. The van der Waals surface area contributed by atoms with E-state index in [4.69, 9.17) is 15.7 Å². The lowest BCUT2D eigenvalue weighted by Crippen LogP contribution is -2.15. The molecule has 1 saturated carbocycles. The number of benzene rings is 1. The Kier molecular flexibility index (Phi) is 4.08. The van der Waals surface area contributed by atoms with E-state index in [2.05, 4.69) is 27.9 Å². The van der Waals surface area contributed by atoms with Crippen molar-refractivity contribution in [1.29, 1.82) is 5.26 Å². The third-order valence-electron chi connectivity index (χ3n) is 5.83. The molecule has 1 fully saturated rings. The van der Waals surface area contributed by atoms with Gasteiger partial charge in [-0.1, -0.05) is 0 Å². The minimum Gasteiger partial charge on any atom is -0.439 e.